The quantitative estimate of drug-likeness (QED) is 0.895. The van der Waals surface area contributed by atoms with Crippen LogP contribution < -0.4 is 10.1 Å². The molecule has 82 valence electrons. The van der Waals surface area contributed by atoms with Crippen molar-refractivity contribution in [3.05, 3.63) is 28.5 Å². The lowest BCUT2D eigenvalue weighted by atomic mass is 10.1. The van der Waals surface area contributed by atoms with E-state index >= 15 is 0 Å². The van der Waals surface area contributed by atoms with Crippen molar-refractivity contribution in [1.29, 1.82) is 0 Å². The van der Waals surface area contributed by atoms with Gasteiger partial charge in [0.05, 0.1) is 4.47 Å². The predicted molar refractivity (Wildman–Crippen MR) is 60.6 cm³/mol. The molecule has 1 unspecified atom stereocenters. The van der Waals surface area contributed by atoms with Crippen molar-refractivity contribution in [2.24, 2.45) is 0 Å². The molecule has 2 nitrogen and oxygen atoms in total. The second kappa shape index (κ2) is 4.94. The van der Waals surface area contributed by atoms with Gasteiger partial charge in [-0.25, -0.2) is 4.39 Å². The Balaban J connectivity index is 2.00. The summed E-state index contributed by atoms with van der Waals surface area (Å²) in [6.45, 7) is 1.93. The third kappa shape index (κ3) is 2.92. The number of hydrogen-bond donors (Lipinski definition) is 1. The van der Waals surface area contributed by atoms with Gasteiger partial charge in [0.15, 0.2) is 0 Å². The number of benzene rings is 1. The number of rotatable bonds is 2. The summed E-state index contributed by atoms with van der Waals surface area (Å²) < 4.78 is 19.1. The van der Waals surface area contributed by atoms with Crippen LogP contribution in [0.25, 0.3) is 0 Å². The van der Waals surface area contributed by atoms with Crippen LogP contribution >= 0.6 is 15.9 Å². The lowest BCUT2D eigenvalue weighted by Gasteiger charge is -2.24. The van der Waals surface area contributed by atoms with Gasteiger partial charge in [-0.3, -0.25) is 0 Å². The van der Waals surface area contributed by atoms with Gasteiger partial charge in [0, 0.05) is 6.54 Å². The topological polar surface area (TPSA) is 21.3 Å². The van der Waals surface area contributed by atoms with Gasteiger partial charge in [-0.15, -0.1) is 0 Å². The van der Waals surface area contributed by atoms with Crippen LogP contribution in [0.3, 0.4) is 0 Å². The van der Waals surface area contributed by atoms with Gasteiger partial charge in [0.25, 0.3) is 0 Å². The van der Waals surface area contributed by atoms with Crippen molar-refractivity contribution < 1.29 is 9.13 Å². The molecular weight excluding hydrogens is 261 g/mol. The number of halogens is 2. The predicted octanol–water partition coefficient (Wildman–Crippen LogP) is 2.72. The molecule has 1 aromatic rings. The monoisotopic (exact) mass is 273 g/mol. The Morgan fingerprint density at radius 2 is 2.33 bits per heavy atom. The van der Waals surface area contributed by atoms with Crippen molar-refractivity contribution in [2.75, 3.05) is 13.1 Å². The first-order valence-electron chi connectivity index (χ1n) is 5.08. The van der Waals surface area contributed by atoms with E-state index in [-0.39, 0.29) is 11.9 Å². The highest BCUT2D eigenvalue weighted by Gasteiger charge is 2.14. The Bertz CT molecular complexity index is 339. The van der Waals surface area contributed by atoms with Crippen molar-refractivity contribution in [1.82, 2.24) is 5.32 Å². The summed E-state index contributed by atoms with van der Waals surface area (Å²) in [5.74, 6) is 0.459. The molecule has 1 aliphatic heterocycles. The highest BCUT2D eigenvalue weighted by Crippen LogP contribution is 2.23. The summed E-state index contributed by atoms with van der Waals surface area (Å²) in [5.41, 5.74) is 0. The van der Waals surface area contributed by atoms with Crippen molar-refractivity contribution >= 4 is 15.9 Å². The summed E-state index contributed by atoms with van der Waals surface area (Å²) in [5, 5.41) is 3.27. The normalized spacial score (nSPS) is 21.3. The first-order chi connectivity index (χ1) is 7.25. The van der Waals surface area contributed by atoms with Crippen LogP contribution in [0.15, 0.2) is 22.7 Å². The van der Waals surface area contributed by atoms with Crippen molar-refractivity contribution in [3.63, 3.8) is 0 Å². The largest absolute Gasteiger partial charge is 0.489 e. The van der Waals surface area contributed by atoms with E-state index in [1.807, 2.05) is 0 Å². The maximum atomic E-state index is 13.0. The SMILES string of the molecule is Fc1ccc(OC2CCCNC2)cc1Br. The summed E-state index contributed by atoms with van der Waals surface area (Å²) in [6, 6.07) is 4.74. The molecule has 15 heavy (non-hydrogen) atoms. The fourth-order valence-electron chi connectivity index (χ4n) is 1.66. The zero-order chi connectivity index (χ0) is 10.7. The fourth-order valence-corrected chi connectivity index (χ4v) is 2.02. The Morgan fingerprint density at radius 3 is 3.00 bits per heavy atom. The van der Waals surface area contributed by atoms with Gasteiger partial charge in [0.1, 0.15) is 17.7 Å². The van der Waals surface area contributed by atoms with Gasteiger partial charge in [-0.2, -0.15) is 0 Å². The molecule has 1 atom stereocenters. The number of piperidine rings is 1. The molecule has 0 aromatic heterocycles. The molecular formula is C11H13BrFNO. The second-order valence-corrected chi connectivity index (χ2v) is 4.52. The zero-order valence-electron chi connectivity index (χ0n) is 8.30. The minimum absolute atomic E-state index is 0.205. The third-order valence-corrected chi connectivity index (χ3v) is 3.05. The van der Waals surface area contributed by atoms with E-state index in [0.29, 0.717) is 4.47 Å². The van der Waals surface area contributed by atoms with Crippen LogP contribution in [0.5, 0.6) is 5.75 Å². The van der Waals surface area contributed by atoms with E-state index in [9.17, 15) is 4.39 Å². The number of hydrogen-bond acceptors (Lipinski definition) is 2. The van der Waals surface area contributed by atoms with Gasteiger partial charge in [-0.1, -0.05) is 0 Å². The smallest absolute Gasteiger partial charge is 0.137 e. The lowest BCUT2D eigenvalue weighted by Crippen LogP contribution is -2.37. The molecule has 0 bridgehead atoms. The Kier molecular flexibility index (Phi) is 3.59. The lowest BCUT2D eigenvalue weighted by molar-refractivity contribution is 0.167. The first kappa shape index (κ1) is 10.9. The summed E-state index contributed by atoms with van der Waals surface area (Å²) >= 11 is 3.14. The average Bonchev–Trinajstić information content (AvgIpc) is 2.25. The van der Waals surface area contributed by atoms with Gasteiger partial charge < -0.3 is 10.1 Å². The van der Waals surface area contributed by atoms with Crippen LogP contribution in [0.2, 0.25) is 0 Å². The first-order valence-corrected chi connectivity index (χ1v) is 5.87. The molecule has 2 rings (SSSR count). The Morgan fingerprint density at radius 1 is 1.47 bits per heavy atom. The molecule has 0 amide bonds. The van der Waals surface area contributed by atoms with Gasteiger partial charge in [-0.05, 0) is 53.5 Å². The molecule has 0 radical (unpaired) electrons. The van der Waals surface area contributed by atoms with E-state index in [1.165, 1.54) is 6.07 Å². The Hall–Kier alpha value is -0.610. The molecule has 1 fully saturated rings. The zero-order valence-corrected chi connectivity index (χ0v) is 9.89. The molecule has 1 saturated heterocycles. The summed E-state index contributed by atoms with van der Waals surface area (Å²) in [6.07, 6.45) is 2.39. The molecule has 1 aliphatic rings. The van der Waals surface area contributed by atoms with Crippen molar-refractivity contribution in [3.8, 4) is 5.75 Å². The van der Waals surface area contributed by atoms with Gasteiger partial charge in [0.2, 0.25) is 0 Å². The van der Waals surface area contributed by atoms with E-state index in [4.69, 9.17) is 4.74 Å². The van der Waals surface area contributed by atoms with Crippen LogP contribution in [-0.2, 0) is 0 Å². The Labute approximate surface area is 96.9 Å². The van der Waals surface area contributed by atoms with E-state index < -0.39 is 0 Å². The van der Waals surface area contributed by atoms with Crippen LogP contribution in [0, 0.1) is 5.82 Å². The molecule has 0 saturated carbocycles. The van der Waals surface area contributed by atoms with E-state index in [0.717, 1.165) is 31.7 Å². The molecule has 1 N–H and O–H groups in total. The standard InChI is InChI=1S/C11H13BrFNO/c12-10-6-8(3-4-11(10)13)15-9-2-1-5-14-7-9/h3-4,6,9,14H,1-2,5,7H2. The highest BCUT2D eigenvalue weighted by molar-refractivity contribution is 9.10. The van der Waals surface area contributed by atoms with E-state index in [2.05, 4.69) is 21.2 Å². The molecule has 4 heteroatoms. The third-order valence-electron chi connectivity index (χ3n) is 2.45. The summed E-state index contributed by atoms with van der Waals surface area (Å²) in [7, 11) is 0. The highest BCUT2D eigenvalue weighted by atomic mass is 79.9. The molecule has 1 heterocycles. The van der Waals surface area contributed by atoms with Crippen LogP contribution in [0.1, 0.15) is 12.8 Å². The number of ether oxygens (including phenoxy) is 1. The number of nitrogens with one attached hydrogen (secondary N) is 1. The molecule has 0 aliphatic carbocycles. The van der Waals surface area contributed by atoms with Gasteiger partial charge >= 0.3 is 0 Å². The van der Waals surface area contributed by atoms with Crippen molar-refractivity contribution in [2.45, 2.75) is 18.9 Å². The maximum absolute atomic E-state index is 13.0. The van der Waals surface area contributed by atoms with E-state index in [1.54, 1.807) is 12.1 Å². The minimum atomic E-state index is -0.260. The molecule has 0 spiro atoms. The average molecular weight is 274 g/mol. The molecule has 1 aromatic carbocycles. The fraction of sp³-hybridized carbons (Fsp3) is 0.455. The second-order valence-electron chi connectivity index (χ2n) is 3.66. The van der Waals surface area contributed by atoms with Crippen LogP contribution in [0.4, 0.5) is 4.39 Å². The maximum Gasteiger partial charge on any atom is 0.137 e. The van der Waals surface area contributed by atoms with Crippen LogP contribution in [-0.4, -0.2) is 19.2 Å². The summed E-state index contributed by atoms with van der Waals surface area (Å²) in [4.78, 5) is 0. The minimum Gasteiger partial charge on any atom is -0.489 e.